The number of benzene rings is 1. The molecule has 21 heavy (non-hydrogen) atoms. The first kappa shape index (κ1) is 16.4. The smallest absolute Gasteiger partial charge is 0.262 e. The highest BCUT2D eigenvalue weighted by molar-refractivity contribution is 6.35. The maximum atomic E-state index is 13.4. The Morgan fingerprint density at radius 2 is 2.00 bits per heavy atom. The van der Waals surface area contributed by atoms with Gasteiger partial charge < -0.3 is 11.1 Å². The zero-order valence-corrected chi connectivity index (χ0v) is 12.6. The maximum absolute atomic E-state index is 13.4. The average Bonchev–Trinajstić information content (AvgIpc) is 2.22. The topological polar surface area (TPSA) is 58.4 Å². The summed E-state index contributed by atoms with van der Waals surface area (Å²) in [5.74, 6) is -3.28. The van der Waals surface area contributed by atoms with Crippen LogP contribution in [0.4, 0.5) is 14.5 Å². The number of nitrogens with two attached hydrogens (primary N) is 1. The fourth-order valence-electron chi connectivity index (χ4n) is 2.39. The predicted octanol–water partition coefficient (Wildman–Crippen LogP) is 2.60. The number of carbonyl (C=O) groups excluding carboxylic acids is 1. The Labute approximate surface area is 131 Å². The molecule has 1 aliphatic heterocycles. The highest BCUT2D eigenvalue weighted by atomic mass is 35.5. The Balaban J connectivity index is 1.95. The van der Waals surface area contributed by atoms with Crippen molar-refractivity contribution in [2.45, 2.75) is 18.4 Å². The molecule has 0 aromatic heterocycles. The molecule has 1 aromatic rings. The van der Waals surface area contributed by atoms with Crippen molar-refractivity contribution in [1.82, 2.24) is 4.90 Å². The van der Waals surface area contributed by atoms with E-state index in [4.69, 9.17) is 28.9 Å². The number of nitrogens with zero attached hydrogens (tertiary/aromatic N) is 1. The Hall–Kier alpha value is -0.950. The summed E-state index contributed by atoms with van der Waals surface area (Å²) >= 11 is 11.6. The lowest BCUT2D eigenvalue weighted by Crippen LogP contribution is -2.54. The van der Waals surface area contributed by atoms with Gasteiger partial charge in [-0.2, -0.15) is 0 Å². The zero-order valence-electron chi connectivity index (χ0n) is 11.1. The molecule has 2 rings (SSSR count). The first-order chi connectivity index (χ1) is 9.73. The van der Waals surface area contributed by atoms with Gasteiger partial charge >= 0.3 is 0 Å². The van der Waals surface area contributed by atoms with Crippen LogP contribution >= 0.6 is 23.2 Å². The fourth-order valence-corrected chi connectivity index (χ4v) is 2.91. The fraction of sp³-hybridized carbons (Fsp3) is 0.462. The summed E-state index contributed by atoms with van der Waals surface area (Å²) in [5, 5.41) is 3.34. The van der Waals surface area contributed by atoms with E-state index in [1.807, 2.05) is 0 Å². The average molecular weight is 338 g/mol. The summed E-state index contributed by atoms with van der Waals surface area (Å²) in [6.45, 7) is -0.364. The van der Waals surface area contributed by atoms with Gasteiger partial charge in [-0.25, -0.2) is 8.78 Å². The van der Waals surface area contributed by atoms with Crippen LogP contribution in [0.1, 0.15) is 6.42 Å². The quantitative estimate of drug-likeness (QED) is 0.891. The lowest BCUT2D eigenvalue weighted by Gasteiger charge is -2.35. The number of piperidine rings is 1. The van der Waals surface area contributed by atoms with Gasteiger partial charge in [0.2, 0.25) is 5.91 Å². The Kier molecular flexibility index (Phi) is 5.03. The third-order valence-electron chi connectivity index (χ3n) is 3.02. The molecular formula is C13H15Cl2F2N3O. The van der Waals surface area contributed by atoms with E-state index in [2.05, 4.69) is 5.32 Å². The number of carbonyl (C=O) groups is 1. The van der Waals surface area contributed by atoms with Gasteiger partial charge in [-0.05, 0) is 18.2 Å². The van der Waals surface area contributed by atoms with Crippen molar-refractivity contribution in [2.24, 2.45) is 5.73 Å². The van der Waals surface area contributed by atoms with E-state index in [1.54, 1.807) is 0 Å². The number of amides is 1. The number of likely N-dealkylation sites (tertiary alicyclic amines) is 1. The summed E-state index contributed by atoms with van der Waals surface area (Å²) in [6.07, 6.45) is -0.352. The van der Waals surface area contributed by atoms with Crippen molar-refractivity contribution in [3.63, 3.8) is 0 Å². The molecule has 1 saturated heterocycles. The number of hydrogen-bond donors (Lipinski definition) is 2. The van der Waals surface area contributed by atoms with Gasteiger partial charge in [0.05, 0.1) is 13.1 Å². The highest BCUT2D eigenvalue weighted by Gasteiger charge is 2.39. The molecule has 3 N–H and O–H groups in total. The molecule has 1 aromatic carbocycles. The minimum atomic E-state index is -2.86. The molecule has 1 atom stereocenters. The number of hydrogen-bond acceptors (Lipinski definition) is 3. The van der Waals surface area contributed by atoms with Crippen molar-refractivity contribution in [1.29, 1.82) is 0 Å². The van der Waals surface area contributed by atoms with Crippen LogP contribution in [0.5, 0.6) is 0 Å². The van der Waals surface area contributed by atoms with Gasteiger partial charge in [0.15, 0.2) is 0 Å². The van der Waals surface area contributed by atoms with E-state index in [0.29, 0.717) is 15.7 Å². The summed E-state index contributed by atoms with van der Waals surface area (Å²) < 4.78 is 26.8. The Bertz CT molecular complexity index is 522. The summed E-state index contributed by atoms with van der Waals surface area (Å²) in [6, 6.07) is 3.95. The van der Waals surface area contributed by atoms with Gasteiger partial charge in [-0.15, -0.1) is 0 Å². The van der Waals surface area contributed by atoms with Crippen LogP contribution in [-0.4, -0.2) is 42.4 Å². The van der Waals surface area contributed by atoms with Gasteiger partial charge in [-0.1, -0.05) is 23.2 Å². The molecule has 1 aliphatic rings. The van der Waals surface area contributed by atoms with Gasteiger partial charge in [0, 0.05) is 34.7 Å². The standard InChI is InChI=1S/C13H15Cl2F2N3O/c14-8-1-9(15)3-11(2-8)19-12(21)6-20-5-10(18)4-13(16,17)7-20/h1-3,10H,4-7,18H2,(H,19,21). The molecule has 0 spiro atoms. The summed E-state index contributed by atoms with van der Waals surface area (Å²) in [5.41, 5.74) is 6.00. The van der Waals surface area contributed by atoms with E-state index < -0.39 is 24.4 Å². The third-order valence-corrected chi connectivity index (χ3v) is 3.46. The van der Waals surface area contributed by atoms with Crippen LogP contribution in [0.2, 0.25) is 10.0 Å². The van der Waals surface area contributed by atoms with Gasteiger partial charge in [0.25, 0.3) is 5.92 Å². The van der Waals surface area contributed by atoms with Crippen LogP contribution in [0.3, 0.4) is 0 Å². The normalized spacial score (nSPS) is 22.0. The van der Waals surface area contributed by atoms with E-state index in [-0.39, 0.29) is 19.5 Å². The minimum Gasteiger partial charge on any atom is -0.326 e. The molecule has 0 bridgehead atoms. The van der Waals surface area contributed by atoms with E-state index in [1.165, 1.54) is 23.1 Å². The second kappa shape index (κ2) is 6.44. The monoisotopic (exact) mass is 337 g/mol. The first-order valence-electron chi connectivity index (χ1n) is 6.35. The van der Waals surface area contributed by atoms with Crippen LogP contribution in [0.15, 0.2) is 18.2 Å². The van der Waals surface area contributed by atoms with Crippen LogP contribution in [0.25, 0.3) is 0 Å². The SMILES string of the molecule is NC1CN(CC(=O)Nc2cc(Cl)cc(Cl)c2)CC(F)(F)C1. The molecule has 116 valence electrons. The predicted molar refractivity (Wildman–Crippen MR) is 79.1 cm³/mol. The second-order valence-electron chi connectivity index (χ2n) is 5.20. The van der Waals surface area contributed by atoms with E-state index in [0.717, 1.165) is 0 Å². The van der Waals surface area contributed by atoms with Crippen molar-refractivity contribution < 1.29 is 13.6 Å². The third kappa shape index (κ3) is 5.07. The van der Waals surface area contributed by atoms with Crippen molar-refractivity contribution in [2.75, 3.05) is 25.0 Å². The van der Waals surface area contributed by atoms with Gasteiger partial charge in [0.1, 0.15) is 0 Å². The Morgan fingerprint density at radius 3 is 2.57 bits per heavy atom. The van der Waals surface area contributed by atoms with Crippen molar-refractivity contribution in [3.8, 4) is 0 Å². The number of nitrogens with one attached hydrogen (secondary N) is 1. The maximum Gasteiger partial charge on any atom is 0.262 e. The highest BCUT2D eigenvalue weighted by Crippen LogP contribution is 2.26. The molecule has 0 radical (unpaired) electrons. The molecule has 0 saturated carbocycles. The number of halogens is 4. The van der Waals surface area contributed by atoms with Crippen molar-refractivity contribution >= 4 is 34.8 Å². The minimum absolute atomic E-state index is 0.159. The first-order valence-corrected chi connectivity index (χ1v) is 7.11. The Morgan fingerprint density at radius 1 is 1.38 bits per heavy atom. The van der Waals surface area contributed by atoms with E-state index >= 15 is 0 Å². The molecule has 0 aliphatic carbocycles. The lowest BCUT2D eigenvalue weighted by molar-refractivity contribution is -0.120. The van der Waals surface area contributed by atoms with Crippen LogP contribution in [-0.2, 0) is 4.79 Å². The summed E-state index contributed by atoms with van der Waals surface area (Å²) in [7, 11) is 0. The molecule has 1 fully saturated rings. The van der Waals surface area contributed by atoms with E-state index in [9.17, 15) is 13.6 Å². The number of rotatable bonds is 3. The molecule has 1 unspecified atom stereocenters. The largest absolute Gasteiger partial charge is 0.326 e. The van der Waals surface area contributed by atoms with Gasteiger partial charge in [-0.3, -0.25) is 9.69 Å². The molecule has 4 nitrogen and oxygen atoms in total. The number of anilines is 1. The molecule has 1 heterocycles. The zero-order chi connectivity index (χ0) is 15.6. The van der Waals surface area contributed by atoms with Crippen molar-refractivity contribution in [3.05, 3.63) is 28.2 Å². The summed E-state index contributed by atoms with van der Waals surface area (Å²) in [4.78, 5) is 13.2. The number of alkyl halides is 2. The molecular weight excluding hydrogens is 323 g/mol. The lowest BCUT2D eigenvalue weighted by atomic mass is 10.0. The second-order valence-corrected chi connectivity index (χ2v) is 6.07. The molecule has 1 amide bonds. The molecule has 8 heteroatoms. The van der Waals surface area contributed by atoms with Crippen LogP contribution in [0, 0.1) is 0 Å². The van der Waals surface area contributed by atoms with Crippen LogP contribution < -0.4 is 11.1 Å².